The Morgan fingerprint density at radius 3 is 2.65 bits per heavy atom. The normalized spacial score (nSPS) is 24.1. The molecule has 2 fully saturated rings. The van der Waals surface area contributed by atoms with Gasteiger partial charge in [-0.2, -0.15) is 5.26 Å². The Labute approximate surface area is 124 Å². The second kappa shape index (κ2) is 5.57. The number of nitriles is 1. The van der Waals surface area contributed by atoms with Crippen LogP contribution in [0.25, 0.3) is 0 Å². The van der Waals surface area contributed by atoms with Gasteiger partial charge in [0.05, 0.1) is 5.56 Å². The van der Waals surface area contributed by atoms with Crippen molar-refractivity contribution in [2.24, 2.45) is 5.92 Å². The van der Waals surface area contributed by atoms with Crippen molar-refractivity contribution in [1.82, 2.24) is 0 Å². The Kier molecular flexibility index (Phi) is 3.80. The Morgan fingerprint density at radius 2 is 2.05 bits per heavy atom. The van der Waals surface area contributed by atoms with Gasteiger partial charge in [-0.25, -0.2) is 0 Å². The first-order chi connectivity index (χ1) is 9.72. The lowest BCUT2D eigenvalue weighted by atomic mass is 9.84. The van der Waals surface area contributed by atoms with Crippen LogP contribution in [-0.4, -0.2) is 12.5 Å². The number of thiophene rings is 1. The van der Waals surface area contributed by atoms with Gasteiger partial charge < -0.3 is 4.90 Å². The summed E-state index contributed by atoms with van der Waals surface area (Å²) in [7, 11) is 0. The second-order valence-electron chi connectivity index (χ2n) is 6.00. The molecule has 3 nitrogen and oxygen atoms in total. The van der Waals surface area contributed by atoms with E-state index in [9.17, 15) is 10.1 Å². The third-order valence-corrected chi connectivity index (χ3v) is 5.69. The van der Waals surface area contributed by atoms with E-state index in [2.05, 4.69) is 11.4 Å². The van der Waals surface area contributed by atoms with E-state index in [-0.39, 0.29) is 11.8 Å². The summed E-state index contributed by atoms with van der Waals surface area (Å²) in [5, 5.41) is 12.6. The number of carbonyl (C=O) groups is 1. The van der Waals surface area contributed by atoms with Gasteiger partial charge >= 0.3 is 0 Å². The molecular formula is C16H20N2OS. The molecule has 1 aliphatic carbocycles. The van der Waals surface area contributed by atoms with Gasteiger partial charge in [-0.3, -0.25) is 4.79 Å². The molecule has 0 N–H and O–H groups in total. The number of carbonyl (C=O) groups excluding carboxylic acids is 1. The van der Waals surface area contributed by atoms with Crippen molar-refractivity contribution in [3.8, 4) is 6.07 Å². The van der Waals surface area contributed by atoms with Crippen molar-refractivity contribution < 1.29 is 4.79 Å². The first-order valence-corrected chi connectivity index (χ1v) is 8.43. The minimum Gasteiger partial charge on any atom is -0.302 e. The minimum atomic E-state index is 0.0989. The molecule has 20 heavy (non-hydrogen) atoms. The van der Waals surface area contributed by atoms with Crippen LogP contribution >= 0.6 is 11.3 Å². The SMILES string of the molecule is CC1CCN(c2scc(C3CCCCC3)c2C#N)C1=O. The number of hydrogen-bond donors (Lipinski definition) is 0. The van der Waals surface area contributed by atoms with Crippen LogP contribution in [0.2, 0.25) is 0 Å². The molecule has 1 aromatic rings. The maximum Gasteiger partial charge on any atom is 0.230 e. The highest BCUT2D eigenvalue weighted by Crippen LogP contribution is 2.42. The van der Waals surface area contributed by atoms with Gasteiger partial charge in [-0.05, 0) is 36.1 Å². The Hall–Kier alpha value is -1.34. The van der Waals surface area contributed by atoms with E-state index >= 15 is 0 Å². The van der Waals surface area contributed by atoms with E-state index in [1.54, 1.807) is 11.3 Å². The number of rotatable bonds is 2. The van der Waals surface area contributed by atoms with Crippen molar-refractivity contribution in [1.29, 1.82) is 5.26 Å². The fourth-order valence-corrected chi connectivity index (χ4v) is 4.55. The summed E-state index contributed by atoms with van der Waals surface area (Å²) in [5.74, 6) is 0.804. The fraction of sp³-hybridized carbons (Fsp3) is 0.625. The van der Waals surface area contributed by atoms with Crippen LogP contribution in [0.3, 0.4) is 0 Å². The topological polar surface area (TPSA) is 44.1 Å². The molecule has 1 saturated carbocycles. The maximum atomic E-state index is 12.2. The molecule has 0 aromatic carbocycles. The van der Waals surface area contributed by atoms with E-state index in [1.165, 1.54) is 37.7 Å². The third-order valence-electron chi connectivity index (χ3n) is 4.68. The van der Waals surface area contributed by atoms with Crippen LogP contribution in [0.15, 0.2) is 5.38 Å². The van der Waals surface area contributed by atoms with E-state index in [0.29, 0.717) is 5.92 Å². The van der Waals surface area contributed by atoms with Crippen molar-refractivity contribution in [2.75, 3.05) is 11.4 Å². The average molecular weight is 288 g/mol. The molecule has 0 bridgehead atoms. The monoisotopic (exact) mass is 288 g/mol. The molecular weight excluding hydrogens is 268 g/mol. The molecule has 1 atom stereocenters. The van der Waals surface area contributed by atoms with Gasteiger partial charge in [0, 0.05) is 12.5 Å². The van der Waals surface area contributed by atoms with Gasteiger partial charge in [0.15, 0.2) is 0 Å². The van der Waals surface area contributed by atoms with Crippen LogP contribution < -0.4 is 4.90 Å². The Balaban J connectivity index is 1.91. The first-order valence-electron chi connectivity index (χ1n) is 7.55. The molecule has 1 amide bonds. The summed E-state index contributed by atoms with van der Waals surface area (Å²) < 4.78 is 0. The van der Waals surface area contributed by atoms with Crippen molar-refractivity contribution in [2.45, 2.75) is 51.4 Å². The van der Waals surface area contributed by atoms with Gasteiger partial charge in [0.2, 0.25) is 5.91 Å². The van der Waals surface area contributed by atoms with E-state index < -0.39 is 0 Å². The van der Waals surface area contributed by atoms with E-state index in [0.717, 1.165) is 23.5 Å². The summed E-state index contributed by atoms with van der Waals surface area (Å²) in [6.45, 7) is 2.74. The summed E-state index contributed by atoms with van der Waals surface area (Å²) in [6.07, 6.45) is 7.13. The third kappa shape index (κ3) is 2.25. The fourth-order valence-electron chi connectivity index (χ4n) is 3.41. The summed E-state index contributed by atoms with van der Waals surface area (Å²) in [4.78, 5) is 14.0. The number of hydrogen-bond acceptors (Lipinski definition) is 3. The van der Waals surface area contributed by atoms with Crippen LogP contribution in [-0.2, 0) is 4.79 Å². The Bertz CT molecular complexity index is 551. The summed E-state index contributed by atoms with van der Waals surface area (Å²) in [6, 6.07) is 2.37. The van der Waals surface area contributed by atoms with Crippen LogP contribution in [0, 0.1) is 17.2 Å². The van der Waals surface area contributed by atoms with Gasteiger partial charge in [0.25, 0.3) is 0 Å². The molecule has 1 aromatic heterocycles. The molecule has 2 aliphatic rings. The average Bonchev–Trinajstić information content (AvgIpc) is 3.04. The molecule has 3 rings (SSSR count). The van der Waals surface area contributed by atoms with E-state index in [4.69, 9.17) is 0 Å². The highest BCUT2D eigenvalue weighted by Gasteiger charge is 2.33. The number of amides is 1. The summed E-state index contributed by atoms with van der Waals surface area (Å²) >= 11 is 1.58. The lowest BCUT2D eigenvalue weighted by Gasteiger charge is -2.21. The zero-order valence-electron chi connectivity index (χ0n) is 11.9. The zero-order valence-corrected chi connectivity index (χ0v) is 12.7. The first kappa shape index (κ1) is 13.6. The predicted molar refractivity (Wildman–Crippen MR) is 81.0 cm³/mol. The highest BCUT2D eigenvalue weighted by molar-refractivity contribution is 7.14. The molecule has 0 spiro atoms. The minimum absolute atomic E-state index is 0.0989. The second-order valence-corrected chi connectivity index (χ2v) is 6.86. The molecule has 0 radical (unpaired) electrons. The standard InChI is InChI=1S/C16H20N2OS/c1-11-7-8-18(15(11)19)16-13(9-17)14(10-20-16)12-5-3-2-4-6-12/h10-12H,2-8H2,1H3. The number of anilines is 1. The van der Waals surface area contributed by atoms with Crippen molar-refractivity contribution in [3.05, 3.63) is 16.5 Å². The smallest absolute Gasteiger partial charge is 0.230 e. The Morgan fingerprint density at radius 1 is 1.30 bits per heavy atom. The van der Waals surface area contributed by atoms with Crippen molar-refractivity contribution in [3.63, 3.8) is 0 Å². The van der Waals surface area contributed by atoms with E-state index in [1.807, 2.05) is 11.8 Å². The van der Waals surface area contributed by atoms with Crippen LogP contribution in [0.4, 0.5) is 5.00 Å². The maximum absolute atomic E-state index is 12.2. The quantitative estimate of drug-likeness (QED) is 0.824. The predicted octanol–water partition coefficient (Wildman–Crippen LogP) is 4.04. The zero-order chi connectivity index (χ0) is 14.1. The molecule has 106 valence electrons. The van der Waals surface area contributed by atoms with Gasteiger partial charge in [0.1, 0.15) is 11.1 Å². The molecule has 1 saturated heterocycles. The van der Waals surface area contributed by atoms with Crippen molar-refractivity contribution >= 4 is 22.2 Å². The highest BCUT2D eigenvalue weighted by atomic mass is 32.1. The van der Waals surface area contributed by atoms with Crippen LogP contribution in [0.1, 0.15) is 62.5 Å². The lowest BCUT2D eigenvalue weighted by Crippen LogP contribution is -2.26. The molecule has 1 aliphatic heterocycles. The van der Waals surface area contributed by atoms with Gasteiger partial charge in [-0.15, -0.1) is 11.3 Å². The number of nitrogens with zero attached hydrogens (tertiary/aromatic N) is 2. The largest absolute Gasteiger partial charge is 0.302 e. The summed E-state index contributed by atoms with van der Waals surface area (Å²) in [5.41, 5.74) is 1.96. The molecule has 1 unspecified atom stereocenters. The molecule has 2 heterocycles. The van der Waals surface area contributed by atoms with Gasteiger partial charge in [-0.1, -0.05) is 26.2 Å². The lowest BCUT2D eigenvalue weighted by molar-refractivity contribution is -0.119. The molecule has 4 heteroatoms. The van der Waals surface area contributed by atoms with Crippen LogP contribution in [0.5, 0.6) is 0 Å².